The molecule has 0 saturated carbocycles. The van der Waals surface area contributed by atoms with Crippen molar-refractivity contribution in [3.05, 3.63) is 29.8 Å². The van der Waals surface area contributed by atoms with E-state index >= 15 is 0 Å². The Labute approximate surface area is 111 Å². The summed E-state index contributed by atoms with van der Waals surface area (Å²) >= 11 is 9.53. The first-order valence-corrected chi connectivity index (χ1v) is 7.75. The Hall–Kier alpha value is -0.160. The summed E-state index contributed by atoms with van der Waals surface area (Å²) in [7, 11) is 0. The Balaban J connectivity index is 2.89. The van der Waals surface area contributed by atoms with Crippen LogP contribution in [0.5, 0.6) is 5.75 Å². The van der Waals surface area contributed by atoms with E-state index < -0.39 is 6.72 Å². The van der Waals surface area contributed by atoms with Gasteiger partial charge in [0.2, 0.25) is 0 Å². The van der Waals surface area contributed by atoms with Crippen LogP contribution in [-0.4, -0.2) is 4.89 Å². The average molecular weight is 297 g/mol. The molecule has 96 valence electrons. The van der Waals surface area contributed by atoms with Gasteiger partial charge in [-0.1, -0.05) is 43.6 Å². The molecule has 0 aromatic heterocycles. The van der Waals surface area contributed by atoms with Gasteiger partial charge in [0.25, 0.3) is 0 Å². The van der Waals surface area contributed by atoms with E-state index in [1.54, 1.807) is 12.1 Å². The molecule has 1 atom stereocenters. The Bertz CT molecular complexity index is 433. The SMILES string of the molecule is CC(C)(C)c1ccccc1OOP(O)(=S)OCl. The van der Waals surface area contributed by atoms with E-state index in [9.17, 15) is 4.89 Å². The van der Waals surface area contributed by atoms with Crippen LogP contribution in [0, 0.1) is 0 Å². The van der Waals surface area contributed by atoms with E-state index in [1.807, 2.05) is 32.9 Å². The topological polar surface area (TPSA) is 47.9 Å². The number of hydrogen-bond acceptors (Lipinski definition) is 4. The maximum Gasteiger partial charge on any atom is 0.380 e. The van der Waals surface area contributed by atoms with Crippen molar-refractivity contribution in [2.24, 2.45) is 0 Å². The number of benzene rings is 1. The average Bonchev–Trinajstić information content (AvgIpc) is 2.26. The standard InChI is InChI=1S/C10H14ClO4PS/c1-10(2,3)8-6-4-5-7-9(8)13-15-16(12,17)14-11/h4-7H,1-3H3,(H,12,17). The zero-order valence-corrected chi connectivity index (χ0v) is 12.2. The molecule has 0 aliphatic carbocycles. The molecular formula is C10H14ClO4PS. The molecule has 7 heteroatoms. The predicted molar refractivity (Wildman–Crippen MR) is 70.3 cm³/mol. The number of para-hydroxylation sites is 1. The minimum absolute atomic E-state index is 0.125. The van der Waals surface area contributed by atoms with Crippen molar-refractivity contribution in [1.29, 1.82) is 0 Å². The van der Waals surface area contributed by atoms with Crippen molar-refractivity contribution in [2.45, 2.75) is 26.2 Å². The summed E-state index contributed by atoms with van der Waals surface area (Å²) < 4.78 is 8.72. The smallest absolute Gasteiger partial charge is 0.329 e. The first-order valence-electron chi connectivity index (χ1n) is 4.85. The quantitative estimate of drug-likeness (QED) is 0.522. The molecule has 0 radical (unpaired) electrons. The van der Waals surface area contributed by atoms with E-state index in [1.165, 1.54) is 0 Å². The molecule has 0 spiro atoms. The van der Waals surface area contributed by atoms with Gasteiger partial charge in [0.15, 0.2) is 5.75 Å². The third-order valence-corrected chi connectivity index (χ3v) is 3.65. The van der Waals surface area contributed by atoms with Gasteiger partial charge in [-0.25, -0.2) is 0 Å². The molecule has 0 fully saturated rings. The minimum Gasteiger partial charge on any atom is -0.329 e. The highest BCUT2D eigenvalue weighted by molar-refractivity contribution is 8.07. The van der Waals surface area contributed by atoms with E-state index in [-0.39, 0.29) is 5.41 Å². The van der Waals surface area contributed by atoms with Crippen LogP contribution in [0.1, 0.15) is 26.3 Å². The summed E-state index contributed by atoms with van der Waals surface area (Å²) in [6.45, 7) is 2.56. The largest absolute Gasteiger partial charge is 0.380 e. The second-order valence-electron chi connectivity index (χ2n) is 4.44. The molecule has 1 rings (SSSR count). The first kappa shape index (κ1) is 14.9. The fourth-order valence-electron chi connectivity index (χ4n) is 1.26. The number of hydrogen-bond donors (Lipinski definition) is 1. The van der Waals surface area contributed by atoms with Crippen LogP contribution in [0.2, 0.25) is 0 Å². The third kappa shape index (κ3) is 4.54. The lowest BCUT2D eigenvalue weighted by Gasteiger charge is -2.22. The Morgan fingerprint density at radius 1 is 1.29 bits per heavy atom. The summed E-state index contributed by atoms with van der Waals surface area (Å²) in [6, 6.07) is 7.29. The molecule has 0 bridgehead atoms. The maximum atomic E-state index is 9.30. The molecule has 1 N–H and O–H groups in total. The Morgan fingerprint density at radius 2 is 1.88 bits per heavy atom. The molecule has 0 aliphatic rings. The van der Waals surface area contributed by atoms with Crippen molar-refractivity contribution in [2.75, 3.05) is 0 Å². The summed E-state index contributed by atoms with van der Waals surface area (Å²) in [5, 5.41) is 0. The van der Waals surface area contributed by atoms with Gasteiger partial charge in [0.1, 0.15) is 0 Å². The lowest BCUT2D eigenvalue weighted by atomic mass is 9.86. The lowest BCUT2D eigenvalue weighted by Crippen LogP contribution is -2.13. The van der Waals surface area contributed by atoms with Crippen molar-refractivity contribution < 1.29 is 18.5 Å². The molecule has 0 aliphatic heterocycles. The van der Waals surface area contributed by atoms with Crippen molar-refractivity contribution >= 4 is 30.4 Å². The third-order valence-electron chi connectivity index (χ3n) is 2.00. The van der Waals surface area contributed by atoms with Crippen molar-refractivity contribution in [3.63, 3.8) is 0 Å². The highest BCUT2D eigenvalue weighted by Crippen LogP contribution is 2.46. The highest BCUT2D eigenvalue weighted by Gasteiger charge is 2.22. The molecule has 0 saturated heterocycles. The fraction of sp³-hybridized carbons (Fsp3) is 0.400. The van der Waals surface area contributed by atoms with Crippen LogP contribution in [0.4, 0.5) is 0 Å². The van der Waals surface area contributed by atoms with Crippen molar-refractivity contribution in [1.82, 2.24) is 0 Å². The summed E-state index contributed by atoms with van der Waals surface area (Å²) in [6.07, 6.45) is 0. The van der Waals surface area contributed by atoms with Gasteiger partial charge in [0, 0.05) is 5.56 Å². The van der Waals surface area contributed by atoms with E-state index in [4.69, 9.17) is 16.8 Å². The van der Waals surface area contributed by atoms with Crippen LogP contribution in [0.3, 0.4) is 0 Å². The molecule has 1 aromatic carbocycles. The van der Waals surface area contributed by atoms with Gasteiger partial charge in [-0.15, -0.1) is 0 Å². The van der Waals surface area contributed by atoms with Crippen LogP contribution < -0.4 is 4.89 Å². The normalized spacial score (nSPS) is 15.4. The first-order chi connectivity index (χ1) is 7.76. The Kier molecular flexibility index (Phi) is 4.95. The summed E-state index contributed by atoms with van der Waals surface area (Å²) in [4.78, 5) is 14.3. The van der Waals surface area contributed by atoms with Gasteiger partial charge in [-0.2, -0.15) is 4.08 Å². The predicted octanol–water partition coefficient (Wildman–Crippen LogP) is 3.68. The van der Waals surface area contributed by atoms with E-state index in [2.05, 4.69) is 20.6 Å². The Morgan fingerprint density at radius 3 is 2.41 bits per heavy atom. The van der Waals surface area contributed by atoms with Gasteiger partial charge >= 0.3 is 6.72 Å². The second kappa shape index (κ2) is 5.65. The minimum atomic E-state index is -3.53. The van der Waals surface area contributed by atoms with Crippen LogP contribution in [-0.2, 0) is 26.0 Å². The van der Waals surface area contributed by atoms with Crippen LogP contribution in [0.25, 0.3) is 0 Å². The molecular weight excluding hydrogens is 283 g/mol. The monoisotopic (exact) mass is 296 g/mol. The number of rotatable bonds is 4. The molecule has 1 aromatic rings. The van der Waals surface area contributed by atoms with Gasteiger partial charge in [-0.3, -0.25) is 0 Å². The van der Waals surface area contributed by atoms with Crippen LogP contribution in [0.15, 0.2) is 24.3 Å². The molecule has 4 nitrogen and oxygen atoms in total. The molecule has 0 heterocycles. The number of halogens is 1. The molecule has 0 amide bonds. The summed E-state index contributed by atoms with van der Waals surface area (Å²) in [5.41, 5.74) is 0.796. The van der Waals surface area contributed by atoms with E-state index in [0.717, 1.165) is 5.56 Å². The fourth-order valence-corrected chi connectivity index (χ4v) is 1.62. The second-order valence-corrected chi connectivity index (χ2v) is 7.46. The zero-order chi connectivity index (χ0) is 13.1. The molecule has 1 unspecified atom stereocenters. The zero-order valence-electron chi connectivity index (χ0n) is 9.71. The maximum absolute atomic E-state index is 9.30. The molecule has 17 heavy (non-hydrogen) atoms. The lowest BCUT2D eigenvalue weighted by molar-refractivity contribution is -0.110. The summed E-state index contributed by atoms with van der Waals surface area (Å²) in [5.74, 6) is 0.469. The van der Waals surface area contributed by atoms with Gasteiger partial charge < -0.3 is 9.78 Å². The highest BCUT2D eigenvalue weighted by atomic mass is 35.5. The van der Waals surface area contributed by atoms with E-state index in [0.29, 0.717) is 5.75 Å². The van der Waals surface area contributed by atoms with Gasteiger partial charge in [-0.05, 0) is 23.3 Å². The van der Waals surface area contributed by atoms with Crippen molar-refractivity contribution in [3.8, 4) is 5.75 Å². The van der Waals surface area contributed by atoms with Gasteiger partial charge in [0.05, 0.1) is 11.9 Å². The van der Waals surface area contributed by atoms with Crippen LogP contribution >= 0.6 is 18.6 Å².